The first-order chi connectivity index (χ1) is 11.5. The fourth-order valence-corrected chi connectivity index (χ4v) is 2.70. The molecule has 24 heavy (non-hydrogen) atoms. The summed E-state index contributed by atoms with van der Waals surface area (Å²) in [5.74, 6) is -1.21. The number of hydrogen-bond donors (Lipinski definition) is 3. The first-order valence-corrected chi connectivity index (χ1v) is 7.71. The van der Waals surface area contributed by atoms with Crippen molar-refractivity contribution < 1.29 is 24.2 Å². The second kappa shape index (κ2) is 6.98. The van der Waals surface area contributed by atoms with E-state index in [4.69, 9.17) is 14.6 Å². The number of hydrogen-bond acceptors (Lipinski definition) is 5. The van der Waals surface area contributed by atoms with E-state index in [1.54, 1.807) is 0 Å². The molecule has 3 rings (SSSR count). The summed E-state index contributed by atoms with van der Waals surface area (Å²) in [5, 5.41) is 11.5. The molecule has 0 spiro atoms. The van der Waals surface area contributed by atoms with Gasteiger partial charge in [0, 0.05) is 6.61 Å². The molecule has 0 radical (unpaired) electrons. The van der Waals surface area contributed by atoms with E-state index in [1.807, 2.05) is 25.1 Å². The van der Waals surface area contributed by atoms with E-state index in [0.29, 0.717) is 18.5 Å². The number of nitrogens with one attached hydrogen (secondary N) is 2. The quantitative estimate of drug-likeness (QED) is 0.748. The predicted octanol–water partition coefficient (Wildman–Crippen LogP) is 0.860. The van der Waals surface area contributed by atoms with Crippen LogP contribution < -0.4 is 5.32 Å². The lowest BCUT2D eigenvalue weighted by atomic mass is 10.1. The molecule has 1 aliphatic heterocycles. The molecule has 0 aliphatic carbocycles. The summed E-state index contributed by atoms with van der Waals surface area (Å²) in [6, 6.07) is 5.28. The fraction of sp³-hybridized carbons (Fsp3) is 0.438. The molecule has 0 unspecified atom stereocenters. The van der Waals surface area contributed by atoms with Gasteiger partial charge in [0.05, 0.1) is 29.8 Å². The molecule has 128 valence electrons. The van der Waals surface area contributed by atoms with Crippen LogP contribution in [0.15, 0.2) is 18.2 Å². The summed E-state index contributed by atoms with van der Waals surface area (Å²) in [6.07, 6.45) is 0.128. The van der Waals surface area contributed by atoms with Crippen molar-refractivity contribution in [3.63, 3.8) is 0 Å². The average molecular weight is 333 g/mol. The monoisotopic (exact) mass is 333 g/mol. The molecule has 8 heteroatoms. The topological polar surface area (TPSA) is 114 Å². The first-order valence-electron chi connectivity index (χ1n) is 7.71. The first kappa shape index (κ1) is 16.4. The maximum atomic E-state index is 12.4. The van der Waals surface area contributed by atoms with Crippen LogP contribution in [0.3, 0.4) is 0 Å². The van der Waals surface area contributed by atoms with Gasteiger partial charge in [0.15, 0.2) is 5.82 Å². The number of aryl methyl sites for hydroxylation is 1. The van der Waals surface area contributed by atoms with Gasteiger partial charge in [0.1, 0.15) is 6.61 Å². The molecular weight excluding hydrogens is 314 g/mol. The van der Waals surface area contributed by atoms with Gasteiger partial charge in [0.25, 0.3) is 5.91 Å². The van der Waals surface area contributed by atoms with E-state index in [1.165, 1.54) is 0 Å². The Morgan fingerprint density at radius 1 is 1.50 bits per heavy atom. The number of ether oxygens (including phenoxy) is 2. The average Bonchev–Trinajstić information content (AvgIpc) is 2.97. The predicted molar refractivity (Wildman–Crippen MR) is 84.9 cm³/mol. The lowest BCUT2D eigenvalue weighted by Gasteiger charge is -2.31. The number of imidazole rings is 1. The standard InChI is InChI=1S/C16H19N3O5/c1-9-2-3-10-11(6-9)18-15(17-10)16(22)19-12-7-23-5-4-13(12)24-8-14(20)21/h2-3,6,12-13H,4-5,7-8H2,1H3,(H,17,18)(H,19,22)(H,20,21)/t12-,13+/m1/s1. The number of benzene rings is 1. The molecule has 1 saturated heterocycles. The normalized spacial score (nSPS) is 20.9. The van der Waals surface area contributed by atoms with Crippen LogP contribution in [0.2, 0.25) is 0 Å². The molecule has 0 bridgehead atoms. The fourth-order valence-electron chi connectivity index (χ4n) is 2.70. The molecule has 1 fully saturated rings. The molecule has 1 aliphatic rings. The van der Waals surface area contributed by atoms with Gasteiger partial charge in [-0.25, -0.2) is 9.78 Å². The molecule has 2 aromatic rings. The van der Waals surface area contributed by atoms with Crippen LogP contribution in [-0.2, 0) is 14.3 Å². The van der Waals surface area contributed by atoms with Gasteiger partial charge in [-0.05, 0) is 31.0 Å². The van der Waals surface area contributed by atoms with Crippen LogP contribution >= 0.6 is 0 Å². The summed E-state index contributed by atoms with van der Waals surface area (Å²) in [4.78, 5) is 30.3. The highest BCUT2D eigenvalue weighted by Crippen LogP contribution is 2.15. The third-order valence-corrected chi connectivity index (χ3v) is 3.88. The molecule has 8 nitrogen and oxygen atoms in total. The Labute approximate surface area is 138 Å². The number of aliphatic carboxylic acids is 1. The van der Waals surface area contributed by atoms with Crippen LogP contribution in [0.4, 0.5) is 0 Å². The number of aromatic amines is 1. The molecule has 1 aromatic heterocycles. The highest BCUT2D eigenvalue weighted by atomic mass is 16.5. The number of carbonyl (C=O) groups excluding carboxylic acids is 1. The van der Waals surface area contributed by atoms with Crippen molar-refractivity contribution in [3.8, 4) is 0 Å². The van der Waals surface area contributed by atoms with E-state index in [-0.39, 0.29) is 18.3 Å². The van der Waals surface area contributed by atoms with Gasteiger partial charge >= 0.3 is 5.97 Å². The molecular formula is C16H19N3O5. The minimum Gasteiger partial charge on any atom is -0.480 e. The van der Waals surface area contributed by atoms with E-state index in [2.05, 4.69) is 15.3 Å². The Hall–Kier alpha value is -2.45. The van der Waals surface area contributed by atoms with Crippen molar-refractivity contribution >= 4 is 22.9 Å². The molecule has 1 aromatic carbocycles. The minimum absolute atomic E-state index is 0.207. The van der Waals surface area contributed by atoms with Gasteiger partial charge < -0.3 is 24.9 Å². The largest absolute Gasteiger partial charge is 0.480 e. The zero-order chi connectivity index (χ0) is 17.1. The number of fused-ring (bicyclic) bond motifs is 1. The maximum absolute atomic E-state index is 12.4. The number of carboxylic acid groups (broad SMARTS) is 1. The summed E-state index contributed by atoms with van der Waals surface area (Å²) in [6.45, 7) is 2.31. The minimum atomic E-state index is -1.04. The van der Waals surface area contributed by atoms with Crippen molar-refractivity contribution in [2.24, 2.45) is 0 Å². The maximum Gasteiger partial charge on any atom is 0.329 e. The number of nitrogens with zero attached hydrogens (tertiary/aromatic N) is 1. The second-order valence-electron chi connectivity index (χ2n) is 5.79. The highest BCUT2D eigenvalue weighted by molar-refractivity contribution is 5.94. The summed E-state index contributed by atoms with van der Waals surface area (Å²) in [5.41, 5.74) is 2.57. The van der Waals surface area contributed by atoms with E-state index < -0.39 is 24.7 Å². The highest BCUT2D eigenvalue weighted by Gasteiger charge is 2.29. The van der Waals surface area contributed by atoms with Crippen LogP contribution in [0.1, 0.15) is 22.6 Å². The third kappa shape index (κ3) is 3.72. The molecule has 0 saturated carbocycles. The molecule has 1 amide bonds. The number of rotatable bonds is 5. The van der Waals surface area contributed by atoms with Crippen LogP contribution in [0.5, 0.6) is 0 Å². The molecule has 3 N–H and O–H groups in total. The molecule has 2 atom stereocenters. The van der Waals surface area contributed by atoms with E-state index in [9.17, 15) is 9.59 Å². The Morgan fingerprint density at radius 2 is 2.33 bits per heavy atom. The number of H-pyrrole nitrogens is 1. The van der Waals surface area contributed by atoms with E-state index >= 15 is 0 Å². The lowest BCUT2D eigenvalue weighted by molar-refractivity contribution is -0.147. The molecule has 2 heterocycles. The smallest absolute Gasteiger partial charge is 0.329 e. The van der Waals surface area contributed by atoms with Gasteiger partial charge in [-0.2, -0.15) is 0 Å². The van der Waals surface area contributed by atoms with Crippen LogP contribution in [-0.4, -0.2) is 58.9 Å². The van der Waals surface area contributed by atoms with Crippen molar-refractivity contribution in [3.05, 3.63) is 29.6 Å². The Kier molecular flexibility index (Phi) is 4.77. The Bertz CT molecular complexity index is 757. The van der Waals surface area contributed by atoms with Crippen molar-refractivity contribution in [1.29, 1.82) is 0 Å². The van der Waals surface area contributed by atoms with Crippen LogP contribution in [0.25, 0.3) is 11.0 Å². The summed E-state index contributed by atoms with van der Waals surface area (Å²) in [7, 11) is 0. The zero-order valence-corrected chi connectivity index (χ0v) is 13.2. The van der Waals surface area contributed by atoms with Gasteiger partial charge in [-0.1, -0.05) is 6.07 Å². The summed E-state index contributed by atoms with van der Waals surface area (Å²) < 4.78 is 10.7. The number of carbonyl (C=O) groups is 2. The van der Waals surface area contributed by atoms with Crippen molar-refractivity contribution in [1.82, 2.24) is 15.3 Å². The van der Waals surface area contributed by atoms with Crippen molar-refractivity contribution in [2.75, 3.05) is 19.8 Å². The Balaban J connectivity index is 1.70. The van der Waals surface area contributed by atoms with Gasteiger partial charge in [-0.15, -0.1) is 0 Å². The van der Waals surface area contributed by atoms with Gasteiger partial charge in [0.2, 0.25) is 0 Å². The number of aromatic nitrogens is 2. The van der Waals surface area contributed by atoms with Gasteiger partial charge in [-0.3, -0.25) is 4.79 Å². The Morgan fingerprint density at radius 3 is 3.12 bits per heavy atom. The summed E-state index contributed by atoms with van der Waals surface area (Å²) >= 11 is 0. The number of carboxylic acids is 1. The second-order valence-corrected chi connectivity index (χ2v) is 5.79. The lowest BCUT2D eigenvalue weighted by Crippen LogP contribution is -2.51. The SMILES string of the molecule is Cc1ccc2nc(C(=O)N[C@@H]3COCC[C@@H]3OCC(=O)O)[nH]c2c1. The third-order valence-electron chi connectivity index (χ3n) is 3.88. The number of amides is 1. The zero-order valence-electron chi connectivity index (χ0n) is 13.2. The van der Waals surface area contributed by atoms with E-state index in [0.717, 1.165) is 11.1 Å². The van der Waals surface area contributed by atoms with Crippen molar-refractivity contribution in [2.45, 2.75) is 25.5 Å². The van der Waals surface area contributed by atoms with Crippen LogP contribution in [0, 0.1) is 6.92 Å².